The van der Waals surface area contributed by atoms with Crippen LogP contribution >= 0.6 is 0 Å². The summed E-state index contributed by atoms with van der Waals surface area (Å²) in [5.41, 5.74) is 3.86. The molecular formula is C24H34N6O. The van der Waals surface area contributed by atoms with Gasteiger partial charge in [-0.25, -0.2) is 0 Å². The number of amides is 1. The molecule has 166 valence electrons. The van der Waals surface area contributed by atoms with E-state index in [0.717, 1.165) is 57.1 Å². The van der Waals surface area contributed by atoms with Crippen LogP contribution in [0, 0.1) is 6.92 Å². The lowest BCUT2D eigenvalue weighted by Gasteiger charge is -2.33. The topological polar surface area (TPSA) is 49.5 Å². The number of hydrogen-bond donors (Lipinski definition) is 0. The summed E-state index contributed by atoms with van der Waals surface area (Å²) in [7, 11) is 6.11. The predicted molar refractivity (Wildman–Crippen MR) is 124 cm³/mol. The Hall–Kier alpha value is -2.64. The van der Waals surface area contributed by atoms with E-state index in [1.54, 1.807) is 4.68 Å². The Bertz CT molecular complexity index is 1040. The highest BCUT2D eigenvalue weighted by molar-refractivity contribution is 5.92. The maximum Gasteiger partial charge on any atom is 0.272 e. The number of benzene rings is 1. The predicted octanol–water partition coefficient (Wildman–Crippen LogP) is 2.50. The standard InChI is InChI=1S/C24H34N6O/c1-19-16-23(28(4)25-19)24(31)30(11-7-10-29-14-12-26(2)13-15-29)18-21-17-20-8-5-6-9-22(20)27(21)3/h5-6,8-9,16-17H,7,10-15,18H2,1-4H3. The molecule has 3 aromatic rings. The molecule has 31 heavy (non-hydrogen) atoms. The van der Waals surface area contributed by atoms with E-state index in [1.807, 2.05) is 24.9 Å². The second-order valence-corrected chi connectivity index (χ2v) is 8.77. The molecular weight excluding hydrogens is 388 g/mol. The molecule has 1 saturated heterocycles. The summed E-state index contributed by atoms with van der Waals surface area (Å²) in [5.74, 6) is 0.0479. The molecule has 0 N–H and O–H groups in total. The van der Waals surface area contributed by atoms with Crippen molar-refractivity contribution in [2.75, 3.05) is 46.3 Å². The van der Waals surface area contributed by atoms with Gasteiger partial charge in [-0.3, -0.25) is 9.48 Å². The van der Waals surface area contributed by atoms with Gasteiger partial charge in [0.2, 0.25) is 0 Å². The summed E-state index contributed by atoms with van der Waals surface area (Å²) in [6.45, 7) is 8.73. The number of para-hydroxylation sites is 1. The van der Waals surface area contributed by atoms with E-state index in [0.29, 0.717) is 12.2 Å². The van der Waals surface area contributed by atoms with Gasteiger partial charge in [0.25, 0.3) is 5.91 Å². The number of aromatic nitrogens is 3. The summed E-state index contributed by atoms with van der Waals surface area (Å²) in [6.07, 6.45) is 0.968. The van der Waals surface area contributed by atoms with Gasteiger partial charge in [-0.1, -0.05) is 18.2 Å². The molecule has 7 heteroatoms. The van der Waals surface area contributed by atoms with Gasteiger partial charge in [0.05, 0.1) is 12.2 Å². The van der Waals surface area contributed by atoms with Crippen LogP contribution in [-0.2, 0) is 20.6 Å². The molecule has 0 unspecified atom stereocenters. The number of likely N-dealkylation sites (N-methyl/N-ethyl adjacent to an activating group) is 1. The van der Waals surface area contributed by atoms with E-state index in [9.17, 15) is 4.79 Å². The van der Waals surface area contributed by atoms with Gasteiger partial charge in [-0.05, 0) is 50.5 Å². The molecule has 0 aliphatic carbocycles. The second-order valence-electron chi connectivity index (χ2n) is 8.77. The Morgan fingerprint density at radius 1 is 1.06 bits per heavy atom. The first-order valence-electron chi connectivity index (χ1n) is 11.2. The van der Waals surface area contributed by atoms with Crippen LogP contribution in [0.25, 0.3) is 10.9 Å². The number of rotatable bonds is 7. The first kappa shape index (κ1) is 21.6. The Kier molecular flexibility index (Phi) is 6.43. The summed E-state index contributed by atoms with van der Waals surface area (Å²) >= 11 is 0. The quantitative estimate of drug-likeness (QED) is 0.587. The summed E-state index contributed by atoms with van der Waals surface area (Å²) in [6, 6.07) is 12.5. The maximum atomic E-state index is 13.5. The number of aryl methyl sites for hydroxylation is 3. The number of hydrogen-bond acceptors (Lipinski definition) is 4. The molecule has 0 radical (unpaired) electrons. The van der Waals surface area contributed by atoms with Crippen LogP contribution in [0.2, 0.25) is 0 Å². The molecule has 1 aliphatic heterocycles. The molecule has 4 rings (SSSR count). The third-order valence-corrected chi connectivity index (χ3v) is 6.41. The van der Waals surface area contributed by atoms with Crippen molar-refractivity contribution in [1.82, 2.24) is 29.0 Å². The Labute approximate surface area is 184 Å². The molecule has 7 nitrogen and oxygen atoms in total. The number of carbonyl (C=O) groups excluding carboxylic acids is 1. The second kappa shape index (κ2) is 9.24. The zero-order valence-corrected chi connectivity index (χ0v) is 19.2. The molecule has 0 saturated carbocycles. The third-order valence-electron chi connectivity index (χ3n) is 6.41. The number of nitrogens with zero attached hydrogens (tertiary/aromatic N) is 6. The van der Waals surface area contributed by atoms with Gasteiger partial charge in [-0.2, -0.15) is 5.10 Å². The normalized spacial score (nSPS) is 15.6. The minimum Gasteiger partial charge on any atom is -0.346 e. The third kappa shape index (κ3) is 4.83. The van der Waals surface area contributed by atoms with Gasteiger partial charge in [0, 0.05) is 58.0 Å². The lowest BCUT2D eigenvalue weighted by atomic mass is 10.2. The van der Waals surface area contributed by atoms with Crippen molar-refractivity contribution < 1.29 is 4.79 Å². The molecule has 0 atom stereocenters. The molecule has 1 amide bonds. The van der Waals surface area contributed by atoms with E-state index in [4.69, 9.17) is 0 Å². The molecule has 3 heterocycles. The van der Waals surface area contributed by atoms with Gasteiger partial charge < -0.3 is 19.3 Å². The SMILES string of the molecule is Cc1cc(C(=O)N(CCCN2CCN(C)CC2)Cc2cc3ccccc3n2C)n(C)n1. The van der Waals surface area contributed by atoms with Crippen molar-refractivity contribution in [3.63, 3.8) is 0 Å². The van der Waals surface area contributed by atoms with Gasteiger partial charge in [0.1, 0.15) is 5.69 Å². The van der Waals surface area contributed by atoms with Crippen molar-refractivity contribution >= 4 is 16.8 Å². The fourth-order valence-corrected chi connectivity index (χ4v) is 4.48. The van der Waals surface area contributed by atoms with Crippen molar-refractivity contribution in [3.8, 4) is 0 Å². The van der Waals surface area contributed by atoms with E-state index < -0.39 is 0 Å². The number of piperazine rings is 1. The van der Waals surface area contributed by atoms with Crippen LogP contribution in [0.1, 0.15) is 28.3 Å². The largest absolute Gasteiger partial charge is 0.346 e. The van der Waals surface area contributed by atoms with Crippen LogP contribution in [0.5, 0.6) is 0 Å². The molecule has 0 spiro atoms. The molecule has 2 aromatic heterocycles. The van der Waals surface area contributed by atoms with Crippen molar-refractivity contribution in [2.24, 2.45) is 14.1 Å². The van der Waals surface area contributed by atoms with E-state index in [-0.39, 0.29) is 5.91 Å². The van der Waals surface area contributed by atoms with E-state index in [1.165, 1.54) is 10.9 Å². The van der Waals surface area contributed by atoms with Gasteiger partial charge in [-0.15, -0.1) is 0 Å². The summed E-state index contributed by atoms with van der Waals surface area (Å²) in [4.78, 5) is 20.3. The van der Waals surface area contributed by atoms with Crippen LogP contribution in [0.15, 0.2) is 36.4 Å². The fourth-order valence-electron chi connectivity index (χ4n) is 4.48. The van der Waals surface area contributed by atoms with E-state index >= 15 is 0 Å². The molecule has 0 bridgehead atoms. The van der Waals surface area contributed by atoms with Crippen molar-refractivity contribution in [3.05, 3.63) is 53.5 Å². The summed E-state index contributed by atoms with van der Waals surface area (Å²) < 4.78 is 3.90. The Morgan fingerprint density at radius 3 is 2.48 bits per heavy atom. The maximum absolute atomic E-state index is 13.5. The average molecular weight is 423 g/mol. The van der Waals surface area contributed by atoms with Crippen molar-refractivity contribution in [1.29, 1.82) is 0 Å². The van der Waals surface area contributed by atoms with Crippen LogP contribution in [0.4, 0.5) is 0 Å². The lowest BCUT2D eigenvalue weighted by Crippen LogP contribution is -2.45. The molecule has 1 aromatic carbocycles. The van der Waals surface area contributed by atoms with E-state index in [2.05, 4.69) is 63.9 Å². The fraction of sp³-hybridized carbons (Fsp3) is 0.500. The zero-order valence-electron chi connectivity index (χ0n) is 19.2. The van der Waals surface area contributed by atoms with Crippen LogP contribution in [0.3, 0.4) is 0 Å². The lowest BCUT2D eigenvalue weighted by molar-refractivity contribution is 0.0714. The Morgan fingerprint density at radius 2 is 1.81 bits per heavy atom. The Balaban J connectivity index is 1.51. The molecule has 1 aliphatic rings. The smallest absolute Gasteiger partial charge is 0.272 e. The van der Waals surface area contributed by atoms with Crippen molar-refractivity contribution in [2.45, 2.75) is 19.9 Å². The zero-order chi connectivity index (χ0) is 22.0. The summed E-state index contributed by atoms with van der Waals surface area (Å²) in [5, 5.41) is 5.60. The molecule has 1 fully saturated rings. The minimum atomic E-state index is 0.0479. The monoisotopic (exact) mass is 422 g/mol. The minimum absolute atomic E-state index is 0.0479. The highest BCUT2D eigenvalue weighted by Gasteiger charge is 2.22. The number of fused-ring (bicyclic) bond motifs is 1. The van der Waals surface area contributed by atoms with Gasteiger partial charge in [0.15, 0.2) is 0 Å². The highest BCUT2D eigenvalue weighted by Crippen LogP contribution is 2.21. The van der Waals surface area contributed by atoms with Crippen LogP contribution in [-0.4, -0.2) is 81.3 Å². The number of carbonyl (C=O) groups is 1. The highest BCUT2D eigenvalue weighted by atomic mass is 16.2. The average Bonchev–Trinajstić information content (AvgIpc) is 3.26. The van der Waals surface area contributed by atoms with Crippen LogP contribution < -0.4 is 0 Å². The first-order valence-corrected chi connectivity index (χ1v) is 11.2. The van der Waals surface area contributed by atoms with Gasteiger partial charge >= 0.3 is 0 Å². The first-order chi connectivity index (χ1) is 14.9.